The van der Waals surface area contributed by atoms with Gasteiger partial charge in [0.2, 0.25) is 5.91 Å². The molecular formula is C21H20N4O3. The number of methoxy groups -OCH3 is 1. The van der Waals surface area contributed by atoms with Crippen molar-refractivity contribution in [3.05, 3.63) is 66.4 Å². The van der Waals surface area contributed by atoms with E-state index in [-0.39, 0.29) is 23.2 Å². The predicted molar refractivity (Wildman–Crippen MR) is 109 cm³/mol. The molecule has 3 aromatic rings. The minimum Gasteiger partial charge on any atom is -0.497 e. The molecule has 0 spiro atoms. The number of nitrogens with one attached hydrogen (secondary N) is 2. The summed E-state index contributed by atoms with van der Waals surface area (Å²) in [5, 5.41) is 5.51. The van der Waals surface area contributed by atoms with Gasteiger partial charge in [0.15, 0.2) is 0 Å². The Morgan fingerprint density at radius 2 is 1.54 bits per heavy atom. The number of hydrogen-bond donors (Lipinski definition) is 3. The molecule has 0 aliphatic heterocycles. The number of nitrogens with zero attached hydrogens (tertiary/aromatic N) is 1. The first-order valence-electron chi connectivity index (χ1n) is 8.55. The molecule has 0 aliphatic rings. The van der Waals surface area contributed by atoms with Crippen molar-refractivity contribution in [2.45, 2.75) is 6.92 Å². The molecule has 0 bridgehead atoms. The predicted octanol–water partition coefficient (Wildman–Crippen LogP) is 3.55. The number of nitrogen functional groups attached to an aromatic ring is 1. The van der Waals surface area contributed by atoms with Crippen molar-refractivity contribution in [3.8, 4) is 16.9 Å². The molecule has 2 amide bonds. The molecule has 142 valence electrons. The van der Waals surface area contributed by atoms with Gasteiger partial charge in [-0.2, -0.15) is 0 Å². The quantitative estimate of drug-likeness (QED) is 0.631. The highest BCUT2D eigenvalue weighted by Crippen LogP contribution is 2.24. The summed E-state index contributed by atoms with van der Waals surface area (Å²) in [4.78, 5) is 27.9. The fourth-order valence-corrected chi connectivity index (χ4v) is 2.64. The van der Waals surface area contributed by atoms with Crippen LogP contribution in [-0.2, 0) is 4.79 Å². The number of anilines is 3. The number of pyridine rings is 1. The summed E-state index contributed by atoms with van der Waals surface area (Å²) >= 11 is 0. The molecule has 1 heterocycles. The highest BCUT2D eigenvalue weighted by atomic mass is 16.5. The molecule has 7 heteroatoms. The van der Waals surface area contributed by atoms with Crippen molar-refractivity contribution in [3.63, 3.8) is 0 Å². The van der Waals surface area contributed by atoms with Gasteiger partial charge in [0.05, 0.1) is 12.7 Å². The standard InChI is InChI=1S/C21H20N4O3/c1-13(26)24-16-5-3-14(4-6-16)15-11-19(20(22)23-12-15)21(27)25-17-7-9-18(28-2)10-8-17/h3-12H,1-2H3,(H2,22,23)(H,24,26)(H,25,27). The molecule has 0 fully saturated rings. The van der Waals surface area contributed by atoms with Gasteiger partial charge < -0.3 is 21.1 Å². The van der Waals surface area contributed by atoms with Gasteiger partial charge in [-0.25, -0.2) is 4.98 Å². The van der Waals surface area contributed by atoms with Gasteiger partial charge >= 0.3 is 0 Å². The number of ether oxygens (including phenoxy) is 1. The lowest BCUT2D eigenvalue weighted by Gasteiger charge is -2.10. The second-order valence-corrected chi connectivity index (χ2v) is 6.10. The second kappa shape index (κ2) is 8.22. The minimum absolute atomic E-state index is 0.139. The normalized spacial score (nSPS) is 10.2. The van der Waals surface area contributed by atoms with Gasteiger partial charge in [-0.05, 0) is 48.0 Å². The van der Waals surface area contributed by atoms with E-state index in [4.69, 9.17) is 10.5 Å². The lowest BCUT2D eigenvalue weighted by Crippen LogP contribution is -2.15. The van der Waals surface area contributed by atoms with Crippen LogP contribution in [0, 0.1) is 0 Å². The lowest BCUT2D eigenvalue weighted by atomic mass is 10.0. The fourth-order valence-electron chi connectivity index (χ4n) is 2.64. The Balaban J connectivity index is 1.82. The van der Waals surface area contributed by atoms with Crippen LogP contribution in [0.1, 0.15) is 17.3 Å². The number of hydrogen-bond acceptors (Lipinski definition) is 5. The Hall–Kier alpha value is -3.87. The topological polar surface area (TPSA) is 106 Å². The van der Waals surface area contributed by atoms with Gasteiger partial charge in [0.1, 0.15) is 11.6 Å². The smallest absolute Gasteiger partial charge is 0.259 e. The van der Waals surface area contributed by atoms with Crippen LogP contribution in [0.4, 0.5) is 17.2 Å². The number of rotatable bonds is 5. The molecule has 7 nitrogen and oxygen atoms in total. The number of amides is 2. The fraction of sp³-hybridized carbons (Fsp3) is 0.0952. The highest BCUT2D eigenvalue weighted by molar-refractivity contribution is 6.07. The Kier molecular flexibility index (Phi) is 5.55. The zero-order valence-electron chi connectivity index (χ0n) is 15.5. The summed E-state index contributed by atoms with van der Waals surface area (Å²) in [7, 11) is 1.58. The third kappa shape index (κ3) is 4.45. The largest absolute Gasteiger partial charge is 0.497 e. The van der Waals surface area contributed by atoms with E-state index < -0.39 is 0 Å². The second-order valence-electron chi connectivity index (χ2n) is 6.10. The van der Waals surface area contributed by atoms with Crippen molar-refractivity contribution in [2.24, 2.45) is 0 Å². The van der Waals surface area contributed by atoms with Gasteiger partial charge in [0, 0.05) is 30.1 Å². The third-order valence-corrected chi connectivity index (χ3v) is 4.05. The maximum absolute atomic E-state index is 12.6. The van der Waals surface area contributed by atoms with Gasteiger partial charge in [-0.3, -0.25) is 9.59 Å². The first-order valence-corrected chi connectivity index (χ1v) is 8.55. The highest BCUT2D eigenvalue weighted by Gasteiger charge is 2.13. The number of carbonyl (C=O) groups is 2. The molecule has 0 radical (unpaired) electrons. The Labute approximate surface area is 162 Å². The van der Waals surface area contributed by atoms with Crippen LogP contribution < -0.4 is 21.1 Å². The molecule has 2 aromatic carbocycles. The van der Waals surface area contributed by atoms with Gasteiger partial charge in [0.25, 0.3) is 5.91 Å². The Morgan fingerprint density at radius 1 is 0.929 bits per heavy atom. The first kappa shape index (κ1) is 18.9. The van der Waals surface area contributed by atoms with Crippen LogP contribution in [0.2, 0.25) is 0 Å². The van der Waals surface area contributed by atoms with Gasteiger partial charge in [-0.1, -0.05) is 12.1 Å². The number of aromatic nitrogens is 1. The SMILES string of the molecule is COc1ccc(NC(=O)c2cc(-c3ccc(NC(C)=O)cc3)cnc2N)cc1. The third-order valence-electron chi connectivity index (χ3n) is 4.05. The van der Waals surface area contributed by atoms with E-state index in [0.717, 1.165) is 11.1 Å². The molecule has 0 saturated heterocycles. The van der Waals surface area contributed by atoms with Crippen molar-refractivity contribution >= 4 is 29.0 Å². The van der Waals surface area contributed by atoms with E-state index in [1.54, 1.807) is 55.8 Å². The summed E-state index contributed by atoms with van der Waals surface area (Å²) in [6.45, 7) is 1.45. The summed E-state index contributed by atoms with van der Waals surface area (Å²) in [6.07, 6.45) is 1.60. The van der Waals surface area contributed by atoms with E-state index in [1.807, 2.05) is 12.1 Å². The average molecular weight is 376 g/mol. The molecule has 0 unspecified atom stereocenters. The minimum atomic E-state index is -0.355. The van der Waals surface area contributed by atoms with E-state index in [0.29, 0.717) is 17.1 Å². The number of carbonyl (C=O) groups excluding carboxylic acids is 2. The van der Waals surface area contributed by atoms with E-state index in [9.17, 15) is 9.59 Å². The molecule has 0 aliphatic carbocycles. The van der Waals surface area contributed by atoms with E-state index in [2.05, 4.69) is 15.6 Å². The molecule has 1 aromatic heterocycles. The van der Waals surface area contributed by atoms with E-state index in [1.165, 1.54) is 6.92 Å². The van der Waals surface area contributed by atoms with Crippen molar-refractivity contribution < 1.29 is 14.3 Å². The molecule has 4 N–H and O–H groups in total. The Bertz CT molecular complexity index is 999. The zero-order chi connectivity index (χ0) is 20.1. The van der Waals surface area contributed by atoms with Crippen LogP contribution in [-0.4, -0.2) is 23.9 Å². The Morgan fingerprint density at radius 3 is 2.14 bits per heavy atom. The summed E-state index contributed by atoms with van der Waals surface area (Å²) in [5.74, 6) is 0.347. The van der Waals surface area contributed by atoms with Crippen molar-refractivity contribution in [1.29, 1.82) is 0 Å². The van der Waals surface area contributed by atoms with Crippen molar-refractivity contribution in [1.82, 2.24) is 4.98 Å². The molecular weight excluding hydrogens is 356 g/mol. The van der Waals surface area contributed by atoms with Crippen LogP contribution in [0.25, 0.3) is 11.1 Å². The molecule has 3 rings (SSSR count). The average Bonchev–Trinajstić information content (AvgIpc) is 2.69. The monoisotopic (exact) mass is 376 g/mol. The first-order chi connectivity index (χ1) is 13.5. The van der Waals surface area contributed by atoms with Crippen LogP contribution in [0.5, 0.6) is 5.75 Å². The molecule has 0 atom stereocenters. The molecule has 0 saturated carbocycles. The summed E-state index contributed by atoms with van der Waals surface area (Å²) < 4.78 is 5.11. The zero-order valence-corrected chi connectivity index (χ0v) is 15.5. The molecule has 28 heavy (non-hydrogen) atoms. The number of benzene rings is 2. The number of nitrogens with two attached hydrogens (primary N) is 1. The maximum Gasteiger partial charge on any atom is 0.259 e. The van der Waals surface area contributed by atoms with Crippen LogP contribution in [0.15, 0.2) is 60.8 Å². The summed E-state index contributed by atoms with van der Waals surface area (Å²) in [5.41, 5.74) is 9.08. The van der Waals surface area contributed by atoms with Crippen LogP contribution >= 0.6 is 0 Å². The maximum atomic E-state index is 12.6. The van der Waals surface area contributed by atoms with E-state index >= 15 is 0 Å². The van der Waals surface area contributed by atoms with Gasteiger partial charge in [-0.15, -0.1) is 0 Å². The van der Waals surface area contributed by atoms with Crippen molar-refractivity contribution in [2.75, 3.05) is 23.5 Å². The summed E-state index contributed by atoms with van der Waals surface area (Å²) in [6, 6.07) is 15.9. The lowest BCUT2D eigenvalue weighted by molar-refractivity contribution is -0.114. The van der Waals surface area contributed by atoms with Crippen LogP contribution in [0.3, 0.4) is 0 Å².